The number of benzene rings is 1. The molecule has 26 heavy (non-hydrogen) atoms. The maximum absolute atomic E-state index is 14.6. The van der Waals surface area contributed by atoms with Crippen LogP contribution in [0.2, 0.25) is 0 Å². The van der Waals surface area contributed by atoms with Crippen molar-refractivity contribution < 1.29 is 28.2 Å². The van der Waals surface area contributed by atoms with E-state index >= 15 is 0 Å². The van der Waals surface area contributed by atoms with Crippen molar-refractivity contribution in [3.05, 3.63) is 29.3 Å². The van der Waals surface area contributed by atoms with Gasteiger partial charge in [-0.1, -0.05) is 0 Å². The van der Waals surface area contributed by atoms with E-state index in [0.717, 1.165) is 17.0 Å². The van der Waals surface area contributed by atoms with Gasteiger partial charge in [-0.15, -0.1) is 11.8 Å². The molecule has 2 heterocycles. The van der Waals surface area contributed by atoms with Gasteiger partial charge < -0.3 is 15.2 Å². The predicted octanol–water partition coefficient (Wildman–Crippen LogP) is 2.36. The highest BCUT2D eigenvalue weighted by molar-refractivity contribution is 7.99. The molecule has 2 unspecified atom stereocenters. The fourth-order valence-corrected chi connectivity index (χ4v) is 4.31. The summed E-state index contributed by atoms with van der Waals surface area (Å²) in [6.07, 6.45) is -0.416. The Morgan fingerprint density at radius 3 is 2.73 bits per heavy atom. The molecule has 2 N–H and O–H groups in total. The molecule has 0 saturated carbocycles. The number of carbonyl (C=O) groups excluding carboxylic acids is 2. The first-order valence-electron chi connectivity index (χ1n) is 8.36. The van der Waals surface area contributed by atoms with Gasteiger partial charge in [0.15, 0.2) is 0 Å². The number of hydrogen-bond acceptors (Lipinski definition) is 5. The molecule has 1 aromatic rings. The lowest BCUT2D eigenvalue weighted by Crippen LogP contribution is -2.33. The molecule has 0 radical (unpaired) electrons. The van der Waals surface area contributed by atoms with Crippen molar-refractivity contribution in [2.45, 2.75) is 37.2 Å². The largest absolute Gasteiger partial charge is 0.442 e. The summed E-state index contributed by atoms with van der Waals surface area (Å²) in [5.41, 5.74) is -0.601. The highest BCUT2D eigenvalue weighted by Crippen LogP contribution is 2.39. The number of cyclic esters (lactones) is 1. The van der Waals surface area contributed by atoms with Crippen LogP contribution in [0.15, 0.2) is 12.1 Å². The Balaban J connectivity index is 1.77. The van der Waals surface area contributed by atoms with Crippen LogP contribution < -0.4 is 10.2 Å². The molecule has 3 atom stereocenters. The topological polar surface area (TPSA) is 78.9 Å². The van der Waals surface area contributed by atoms with Crippen molar-refractivity contribution in [1.29, 1.82) is 0 Å². The van der Waals surface area contributed by atoms with Gasteiger partial charge in [0, 0.05) is 12.5 Å². The summed E-state index contributed by atoms with van der Waals surface area (Å²) in [6.45, 7) is 1.58. The predicted molar refractivity (Wildman–Crippen MR) is 93.1 cm³/mol. The standard InChI is InChI=1S/C17H20F2N2O4S/c1-9(22)20-7-12-8-21(17(24)25-12)11-5-13(18)16(14(19)6-11)10-2-3-26-15(23)4-10/h5-6,10,12,15,23H,2-4,7-8H2,1H3,(H,20,22)/t10?,12-,15?/m0/s1. The number of aliphatic hydroxyl groups excluding tert-OH is 1. The molecule has 0 aliphatic carbocycles. The summed E-state index contributed by atoms with van der Waals surface area (Å²) >= 11 is 1.37. The van der Waals surface area contributed by atoms with Crippen molar-refractivity contribution in [3.63, 3.8) is 0 Å². The van der Waals surface area contributed by atoms with Gasteiger partial charge in [0.2, 0.25) is 5.91 Å². The SMILES string of the molecule is CC(=O)NC[C@H]1CN(c2cc(F)c(C3CCSC(O)C3)c(F)c2)C(=O)O1. The quantitative estimate of drug-likeness (QED) is 0.831. The smallest absolute Gasteiger partial charge is 0.414 e. The number of aliphatic hydroxyl groups is 1. The molecule has 1 aromatic carbocycles. The summed E-state index contributed by atoms with van der Waals surface area (Å²) in [4.78, 5) is 24.1. The molecule has 2 amide bonds. The van der Waals surface area contributed by atoms with Gasteiger partial charge in [0.05, 0.1) is 24.2 Å². The number of nitrogens with one attached hydrogen (secondary N) is 1. The van der Waals surface area contributed by atoms with Crippen molar-refractivity contribution >= 4 is 29.4 Å². The second-order valence-electron chi connectivity index (χ2n) is 6.42. The second-order valence-corrected chi connectivity index (χ2v) is 7.71. The molecule has 142 valence electrons. The molecule has 2 saturated heterocycles. The first kappa shape index (κ1) is 18.9. The van der Waals surface area contributed by atoms with Crippen molar-refractivity contribution in [2.24, 2.45) is 0 Å². The van der Waals surface area contributed by atoms with E-state index in [1.165, 1.54) is 18.7 Å². The molecule has 0 bridgehead atoms. The van der Waals surface area contributed by atoms with Gasteiger partial charge in [-0.3, -0.25) is 9.69 Å². The van der Waals surface area contributed by atoms with Crippen molar-refractivity contribution in [3.8, 4) is 0 Å². The average Bonchev–Trinajstić information content (AvgIpc) is 2.93. The van der Waals surface area contributed by atoms with Crippen LogP contribution in [0.25, 0.3) is 0 Å². The van der Waals surface area contributed by atoms with E-state index in [9.17, 15) is 23.5 Å². The van der Waals surface area contributed by atoms with E-state index < -0.39 is 35.2 Å². The zero-order valence-electron chi connectivity index (χ0n) is 14.2. The van der Waals surface area contributed by atoms with Crippen molar-refractivity contribution in [1.82, 2.24) is 5.32 Å². The van der Waals surface area contributed by atoms with Crippen molar-refractivity contribution in [2.75, 3.05) is 23.7 Å². The van der Waals surface area contributed by atoms with E-state index in [2.05, 4.69) is 5.32 Å². The Hall–Kier alpha value is -1.87. The molecule has 2 aliphatic heterocycles. The number of thioether (sulfide) groups is 1. The van der Waals surface area contributed by atoms with Gasteiger partial charge in [-0.05, 0) is 36.6 Å². The van der Waals surface area contributed by atoms with Crippen LogP contribution in [0, 0.1) is 11.6 Å². The van der Waals surface area contributed by atoms with E-state index in [4.69, 9.17) is 4.74 Å². The highest BCUT2D eigenvalue weighted by Gasteiger charge is 2.34. The highest BCUT2D eigenvalue weighted by atomic mass is 32.2. The number of halogens is 2. The molecule has 0 spiro atoms. The van der Waals surface area contributed by atoms with Gasteiger partial charge in [0.1, 0.15) is 17.7 Å². The first-order chi connectivity index (χ1) is 12.3. The van der Waals surface area contributed by atoms with Crippen LogP contribution in [0.3, 0.4) is 0 Å². The van der Waals surface area contributed by atoms with Gasteiger partial charge in [-0.25, -0.2) is 13.6 Å². The molecular formula is C17H20F2N2O4S. The van der Waals surface area contributed by atoms with Gasteiger partial charge >= 0.3 is 6.09 Å². The van der Waals surface area contributed by atoms with Crippen LogP contribution >= 0.6 is 11.8 Å². The molecular weight excluding hydrogens is 366 g/mol. The third-order valence-corrected chi connectivity index (χ3v) is 5.55. The minimum atomic E-state index is -0.734. The van der Waals surface area contributed by atoms with E-state index in [1.54, 1.807) is 0 Å². The van der Waals surface area contributed by atoms with E-state index in [0.29, 0.717) is 18.6 Å². The molecule has 9 heteroatoms. The summed E-state index contributed by atoms with van der Waals surface area (Å²) in [5.74, 6) is -1.48. The van der Waals surface area contributed by atoms with E-state index in [1.807, 2.05) is 0 Å². The average molecular weight is 386 g/mol. The fourth-order valence-electron chi connectivity index (χ4n) is 3.25. The number of anilines is 1. The number of carbonyl (C=O) groups is 2. The molecule has 0 aromatic heterocycles. The first-order valence-corrected chi connectivity index (χ1v) is 9.41. The molecule has 2 fully saturated rings. The van der Waals surface area contributed by atoms with Gasteiger partial charge in [-0.2, -0.15) is 0 Å². The van der Waals surface area contributed by atoms with Crippen LogP contribution in [0.5, 0.6) is 0 Å². The lowest BCUT2D eigenvalue weighted by molar-refractivity contribution is -0.119. The Bertz CT molecular complexity index is 695. The molecule has 3 rings (SSSR count). The molecule has 6 nitrogen and oxygen atoms in total. The Morgan fingerprint density at radius 2 is 2.12 bits per heavy atom. The maximum Gasteiger partial charge on any atom is 0.414 e. The normalized spacial score (nSPS) is 25.9. The zero-order chi connectivity index (χ0) is 18.8. The van der Waals surface area contributed by atoms with Gasteiger partial charge in [0.25, 0.3) is 0 Å². The van der Waals surface area contributed by atoms with Crippen LogP contribution in [0.4, 0.5) is 19.3 Å². The van der Waals surface area contributed by atoms with E-state index in [-0.39, 0.29) is 30.2 Å². The summed E-state index contributed by atoms with van der Waals surface area (Å²) in [5, 5.41) is 12.3. The Labute approximate surface area is 153 Å². The summed E-state index contributed by atoms with van der Waals surface area (Å²) in [7, 11) is 0. The van der Waals surface area contributed by atoms with Crippen LogP contribution in [-0.2, 0) is 9.53 Å². The zero-order valence-corrected chi connectivity index (χ0v) is 15.0. The number of hydrogen-bond donors (Lipinski definition) is 2. The number of rotatable bonds is 4. The minimum absolute atomic E-state index is 0.0459. The maximum atomic E-state index is 14.6. The number of nitrogens with zero attached hydrogens (tertiary/aromatic N) is 1. The minimum Gasteiger partial charge on any atom is -0.442 e. The third kappa shape index (κ3) is 4.09. The second kappa shape index (κ2) is 7.79. The van der Waals surface area contributed by atoms with Crippen LogP contribution in [0.1, 0.15) is 31.2 Å². The lowest BCUT2D eigenvalue weighted by Gasteiger charge is -2.27. The molecule has 2 aliphatic rings. The lowest BCUT2D eigenvalue weighted by atomic mass is 9.91. The third-order valence-electron chi connectivity index (χ3n) is 4.50. The Kier molecular flexibility index (Phi) is 5.67. The summed E-state index contributed by atoms with van der Waals surface area (Å²) in [6, 6.07) is 2.24. The Morgan fingerprint density at radius 1 is 1.42 bits per heavy atom. The number of ether oxygens (including phenoxy) is 1. The van der Waals surface area contributed by atoms with Crippen LogP contribution in [-0.4, -0.2) is 47.5 Å². The monoisotopic (exact) mass is 386 g/mol. The summed E-state index contributed by atoms with van der Waals surface area (Å²) < 4.78 is 34.3. The number of amides is 2. The fraction of sp³-hybridized carbons (Fsp3) is 0.529.